The van der Waals surface area contributed by atoms with Crippen molar-refractivity contribution in [1.29, 1.82) is 0 Å². The third-order valence-corrected chi connectivity index (χ3v) is 4.51. The first-order chi connectivity index (χ1) is 11.0. The second-order valence-corrected chi connectivity index (χ2v) is 6.34. The highest BCUT2D eigenvalue weighted by molar-refractivity contribution is 7.22. The summed E-state index contributed by atoms with van der Waals surface area (Å²) in [5.41, 5.74) is 1.47. The summed E-state index contributed by atoms with van der Waals surface area (Å²) in [6.45, 7) is 0.281. The predicted molar refractivity (Wildman–Crippen MR) is 91.2 cm³/mol. The monoisotopic (exact) mass is 349 g/mol. The van der Waals surface area contributed by atoms with Gasteiger partial charge in [-0.25, -0.2) is 4.98 Å². The highest BCUT2D eigenvalue weighted by atomic mass is 35.5. The van der Waals surface area contributed by atoms with Gasteiger partial charge in [0, 0.05) is 23.7 Å². The minimum atomic E-state index is -0.700. The lowest BCUT2D eigenvalue weighted by Gasteiger charge is -2.11. The van der Waals surface area contributed by atoms with Gasteiger partial charge < -0.3 is 10.4 Å². The Hall–Kier alpha value is -2.22. The fourth-order valence-electron chi connectivity index (χ4n) is 2.09. The lowest BCUT2D eigenvalue weighted by atomic mass is 10.1. The molecule has 6 nitrogen and oxygen atoms in total. The lowest BCUT2D eigenvalue weighted by molar-refractivity contribution is -0.384. The van der Waals surface area contributed by atoms with E-state index in [-0.39, 0.29) is 12.2 Å². The largest absolute Gasteiger partial charge is 0.387 e. The van der Waals surface area contributed by atoms with E-state index >= 15 is 0 Å². The molecule has 1 heterocycles. The van der Waals surface area contributed by atoms with Gasteiger partial charge in [0.15, 0.2) is 5.13 Å². The normalized spacial score (nSPS) is 12.3. The van der Waals surface area contributed by atoms with Crippen LogP contribution in [-0.2, 0) is 0 Å². The summed E-state index contributed by atoms with van der Waals surface area (Å²) < 4.78 is 0.725. The number of rotatable bonds is 5. The molecule has 0 aliphatic heterocycles. The van der Waals surface area contributed by atoms with Gasteiger partial charge in [-0.2, -0.15) is 0 Å². The number of non-ortho nitro benzene ring substituents is 1. The highest BCUT2D eigenvalue weighted by Crippen LogP contribution is 2.29. The highest BCUT2D eigenvalue weighted by Gasteiger charge is 2.12. The van der Waals surface area contributed by atoms with E-state index in [1.807, 2.05) is 0 Å². The van der Waals surface area contributed by atoms with E-state index in [2.05, 4.69) is 10.3 Å². The fourth-order valence-corrected chi connectivity index (χ4v) is 3.12. The molecule has 1 atom stereocenters. The molecule has 1 unspecified atom stereocenters. The molecule has 0 amide bonds. The summed E-state index contributed by atoms with van der Waals surface area (Å²) in [5.74, 6) is 0. The van der Waals surface area contributed by atoms with Gasteiger partial charge in [-0.1, -0.05) is 35.1 Å². The van der Waals surface area contributed by atoms with Crippen molar-refractivity contribution in [3.05, 3.63) is 63.2 Å². The SMILES string of the molecule is O=[N+]([O-])c1ccc2nc(NCC(O)c3ccc(Cl)cc3)sc2c1. The molecular weight excluding hydrogens is 338 g/mol. The van der Waals surface area contributed by atoms with Gasteiger partial charge in [0.2, 0.25) is 0 Å². The van der Waals surface area contributed by atoms with E-state index in [1.54, 1.807) is 30.3 Å². The number of nitro groups is 1. The molecule has 3 rings (SSSR count). The maximum Gasteiger partial charge on any atom is 0.270 e. The first kappa shape index (κ1) is 15.7. The van der Waals surface area contributed by atoms with Crippen LogP contribution >= 0.6 is 22.9 Å². The molecule has 23 heavy (non-hydrogen) atoms. The van der Waals surface area contributed by atoms with E-state index in [9.17, 15) is 15.2 Å². The number of hydrogen-bond acceptors (Lipinski definition) is 6. The molecule has 0 saturated carbocycles. The molecular formula is C15H12ClN3O3S. The molecule has 0 saturated heterocycles. The maximum atomic E-state index is 10.8. The second-order valence-electron chi connectivity index (χ2n) is 4.88. The molecule has 1 aromatic heterocycles. The van der Waals surface area contributed by atoms with Gasteiger partial charge in [0.1, 0.15) is 0 Å². The molecule has 3 aromatic rings. The van der Waals surface area contributed by atoms with Crippen molar-refractivity contribution in [2.45, 2.75) is 6.10 Å². The van der Waals surface area contributed by atoms with Crippen molar-refractivity contribution >= 4 is 44.0 Å². The maximum absolute atomic E-state index is 10.8. The Morgan fingerprint density at radius 2 is 2.04 bits per heavy atom. The molecule has 2 N–H and O–H groups in total. The number of fused-ring (bicyclic) bond motifs is 1. The summed E-state index contributed by atoms with van der Waals surface area (Å²) in [6.07, 6.45) is -0.700. The van der Waals surface area contributed by atoms with Crippen LogP contribution in [0.1, 0.15) is 11.7 Å². The molecule has 0 spiro atoms. The Bertz CT molecular complexity index is 851. The molecule has 0 radical (unpaired) electrons. The summed E-state index contributed by atoms with van der Waals surface area (Å²) in [7, 11) is 0. The molecule has 0 aliphatic rings. The van der Waals surface area contributed by atoms with E-state index < -0.39 is 11.0 Å². The van der Waals surface area contributed by atoms with Crippen LogP contribution in [-0.4, -0.2) is 21.6 Å². The summed E-state index contributed by atoms with van der Waals surface area (Å²) in [4.78, 5) is 14.7. The van der Waals surface area contributed by atoms with Crippen LogP contribution in [0, 0.1) is 10.1 Å². The topological polar surface area (TPSA) is 88.3 Å². The van der Waals surface area contributed by atoms with E-state index in [0.29, 0.717) is 15.7 Å². The zero-order valence-electron chi connectivity index (χ0n) is 11.8. The average molecular weight is 350 g/mol. The van der Waals surface area contributed by atoms with Crippen molar-refractivity contribution in [1.82, 2.24) is 4.98 Å². The number of anilines is 1. The summed E-state index contributed by atoms with van der Waals surface area (Å²) in [6, 6.07) is 11.5. The Kier molecular flexibility index (Phi) is 4.42. The third-order valence-electron chi connectivity index (χ3n) is 3.28. The number of hydrogen-bond donors (Lipinski definition) is 2. The van der Waals surface area contributed by atoms with Crippen molar-refractivity contribution in [3.63, 3.8) is 0 Å². The van der Waals surface area contributed by atoms with Gasteiger partial charge >= 0.3 is 0 Å². The van der Waals surface area contributed by atoms with Crippen molar-refractivity contribution in [3.8, 4) is 0 Å². The molecule has 8 heteroatoms. The second kappa shape index (κ2) is 6.49. The fraction of sp³-hybridized carbons (Fsp3) is 0.133. The third kappa shape index (κ3) is 3.58. The number of nitrogens with zero attached hydrogens (tertiary/aromatic N) is 2. The Balaban J connectivity index is 1.71. The van der Waals surface area contributed by atoms with Crippen LogP contribution < -0.4 is 5.32 Å². The number of aliphatic hydroxyl groups is 1. The van der Waals surface area contributed by atoms with Crippen LogP contribution in [0.25, 0.3) is 10.2 Å². The zero-order chi connectivity index (χ0) is 16.4. The Morgan fingerprint density at radius 3 is 2.74 bits per heavy atom. The van der Waals surface area contributed by atoms with Gasteiger partial charge in [-0.05, 0) is 23.8 Å². The van der Waals surface area contributed by atoms with E-state index in [1.165, 1.54) is 23.5 Å². The predicted octanol–water partition coefficient (Wildman–Crippen LogP) is 4.00. The molecule has 0 fully saturated rings. The quantitative estimate of drug-likeness (QED) is 0.536. The minimum Gasteiger partial charge on any atom is -0.387 e. The summed E-state index contributed by atoms with van der Waals surface area (Å²) in [5, 5.41) is 25.2. The number of halogens is 1. The number of nitrogens with one attached hydrogen (secondary N) is 1. The summed E-state index contributed by atoms with van der Waals surface area (Å²) >= 11 is 7.13. The Labute approximate surface area is 140 Å². The molecule has 118 valence electrons. The number of aromatic nitrogens is 1. The number of nitro benzene ring substituents is 1. The molecule has 2 aromatic carbocycles. The number of thiazole rings is 1. The minimum absolute atomic E-state index is 0.0360. The van der Waals surface area contributed by atoms with Crippen molar-refractivity contribution in [2.75, 3.05) is 11.9 Å². The standard InChI is InChI=1S/C15H12ClN3O3S/c16-10-3-1-9(2-4-10)13(20)8-17-15-18-12-6-5-11(19(21)22)7-14(12)23-15/h1-7,13,20H,8H2,(H,17,18). The van der Waals surface area contributed by atoms with Gasteiger partial charge in [-0.3, -0.25) is 10.1 Å². The van der Waals surface area contributed by atoms with Crippen LogP contribution in [0.2, 0.25) is 5.02 Å². The first-order valence-corrected chi connectivity index (χ1v) is 7.95. The van der Waals surface area contributed by atoms with E-state index in [4.69, 9.17) is 11.6 Å². The Morgan fingerprint density at radius 1 is 1.30 bits per heavy atom. The average Bonchev–Trinajstić information content (AvgIpc) is 2.95. The van der Waals surface area contributed by atoms with Crippen LogP contribution in [0.15, 0.2) is 42.5 Å². The molecule has 0 aliphatic carbocycles. The molecule has 0 bridgehead atoms. The van der Waals surface area contributed by atoms with Crippen LogP contribution in [0.5, 0.6) is 0 Å². The van der Waals surface area contributed by atoms with Gasteiger partial charge in [0.25, 0.3) is 5.69 Å². The lowest BCUT2D eigenvalue weighted by Crippen LogP contribution is -2.11. The van der Waals surface area contributed by atoms with Crippen molar-refractivity contribution in [2.24, 2.45) is 0 Å². The van der Waals surface area contributed by atoms with Crippen LogP contribution in [0.3, 0.4) is 0 Å². The number of aliphatic hydroxyl groups excluding tert-OH is 1. The van der Waals surface area contributed by atoms with Gasteiger partial charge in [0.05, 0.1) is 21.2 Å². The van der Waals surface area contributed by atoms with Gasteiger partial charge in [-0.15, -0.1) is 0 Å². The zero-order valence-corrected chi connectivity index (χ0v) is 13.3. The first-order valence-electron chi connectivity index (χ1n) is 6.75. The van der Waals surface area contributed by atoms with Crippen molar-refractivity contribution < 1.29 is 10.0 Å². The van der Waals surface area contributed by atoms with Crippen LogP contribution in [0.4, 0.5) is 10.8 Å². The number of benzene rings is 2. The smallest absolute Gasteiger partial charge is 0.270 e. The van der Waals surface area contributed by atoms with E-state index in [0.717, 1.165) is 10.3 Å².